The lowest BCUT2D eigenvalue weighted by molar-refractivity contribution is -0.136. The van der Waals surface area contributed by atoms with Crippen molar-refractivity contribution in [1.82, 2.24) is 34.5 Å². The molecule has 1 aromatic carbocycles. The lowest BCUT2D eigenvalue weighted by Crippen LogP contribution is -2.73. The predicted octanol–water partition coefficient (Wildman–Crippen LogP) is 2.28. The number of fused-ring (bicyclic) bond motifs is 3. The van der Waals surface area contributed by atoms with Crippen LogP contribution in [-0.2, 0) is 17.9 Å². The van der Waals surface area contributed by atoms with Crippen molar-refractivity contribution < 1.29 is 4.79 Å². The van der Waals surface area contributed by atoms with Crippen molar-refractivity contribution >= 4 is 29.3 Å². The number of carbonyl (C=O) groups excluding carboxylic acids is 1. The maximum Gasteiger partial charge on any atom is 0.242 e. The molecule has 11 heteroatoms. The highest BCUT2D eigenvalue weighted by molar-refractivity contribution is 6.30. The van der Waals surface area contributed by atoms with E-state index in [1.165, 1.54) is 0 Å². The Kier molecular flexibility index (Phi) is 4.88. The number of anilines is 2. The van der Waals surface area contributed by atoms with Gasteiger partial charge in [-0.1, -0.05) is 11.6 Å². The Labute approximate surface area is 220 Å². The van der Waals surface area contributed by atoms with Crippen LogP contribution in [0, 0.1) is 12.3 Å². The molecule has 0 atom stereocenters. The zero-order valence-corrected chi connectivity index (χ0v) is 22.1. The summed E-state index contributed by atoms with van der Waals surface area (Å²) in [6.45, 7) is 6.98. The van der Waals surface area contributed by atoms with E-state index in [2.05, 4.69) is 45.5 Å². The number of nitrogens with zero attached hydrogens (tertiary/aromatic N) is 9. The highest BCUT2D eigenvalue weighted by Gasteiger charge is 2.57. The minimum absolute atomic E-state index is 0.154. The molecule has 3 fully saturated rings. The second-order valence-electron chi connectivity index (χ2n) is 11.3. The zero-order valence-electron chi connectivity index (χ0n) is 21.4. The first-order chi connectivity index (χ1) is 17.8. The van der Waals surface area contributed by atoms with Gasteiger partial charge in [0.05, 0.1) is 24.1 Å². The fourth-order valence-corrected chi connectivity index (χ4v) is 6.52. The Balaban J connectivity index is 1.16. The minimum atomic E-state index is -0.473. The van der Waals surface area contributed by atoms with E-state index in [4.69, 9.17) is 11.6 Å². The molecule has 1 saturated carbocycles. The molecule has 0 bridgehead atoms. The Bertz CT molecular complexity index is 1400. The number of halogens is 1. The van der Waals surface area contributed by atoms with Gasteiger partial charge in [-0.25, -0.2) is 4.98 Å². The number of carbonyl (C=O) groups is 1. The molecule has 1 aliphatic carbocycles. The highest BCUT2D eigenvalue weighted by Crippen LogP contribution is 2.47. The van der Waals surface area contributed by atoms with Crippen LogP contribution in [0.2, 0.25) is 5.02 Å². The van der Waals surface area contributed by atoms with Crippen molar-refractivity contribution in [3.63, 3.8) is 0 Å². The lowest BCUT2D eigenvalue weighted by atomic mass is 9.73. The molecule has 2 aromatic heterocycles. The van der Waals surface area contributed by atoms with Crippen LogP contribution in [0.1, 0.15) is 29.9 Å². The van der Waals surface area contributed by atoms with Gasteiger partial charge >= 0.3 is 0 Å². The lowest BCUT2D eigenvalue weighted by Gasteiger charge is -2.60. The van der Waals surface area contributed by atoms with Gasteiger partial charge in [-0.2, -0.15) is 0 Å². The average Bonchev–Trinajstić information content (AvgIpc) is 3.55. The summed E-state index contributed by atoms with van der Waals surface area (Å²) in [7, 11) is 3.66. The van der Waals surface area contributed by atoms with Gasteiger partial charge in [0.2, 0.25) is 11.9 Å². The third kappa shape index (κ3) is 3.53. The summed E-state index contributed by atoms with van der Waals surface area (Å²) in [6.07, 6.45) is 5.35. The number of benzene rings is 1. The molecule has 1 amide bonds. The number of aryl methyl sites for hydroxylation is 1. The van der Waals surface area contributed by atoms with Gasteiger partial charge < -0.3 is 14.7 Å². The fourth-order valence-electron chi connectivity index (χ4n) is 6.33. The van der Waals surface area contributed by atoms with E-state index in [1.54, 1.807) is 11.1 Å². The predicted molar refractivity (Wildman–Crippen MR) is 140 cm³/mol. The molecule has 192 valence electrons. The fraction of sp³-hybridized carbons (Fsp3) is 0.500. The Morgan fingerprint density at radius 1 is 1.03 bits per heavy atom. The van der Waals surface area contributed by atoms with E-state index < -0.39 is 5.54 Å². The molecule has 5 heterocycles. The standard InChI is InChI=1S/C26H30ClN9O/c1-17-9-28-10-21(29-17)33-13-25(14-33)15-34(16-25)24-31-30-22-12-35(26(6-7-26)23(37)32(2)3)11-18-8-19(27)4-5-20(18)36(22)24/h4-5,8-10H,6-7,11-16H2,1-3H3. The van der Waals surface area contributed by atoms with Crippen LogP contribution >= 0.6 is 11.6 Å². The Morgan fingerprint density at radius 2 is 1.78 bits per heavy atom. The van der Waals surface area contributed by atoms with Gasteiger partial charge in [-0.3, -0.25) is 19.2 Å². The molecule has 0 N–H and O–H groups in total. The van der Waals surface area contributed by atoms with Crippen LogP contribution in [0.5, 0.6) is 0 Å². The van der Waals surface area contributed by atoms with Crippen LogP contribution in [0.3, 0.4) is 0 Å². The summed E-state index contributed by atoms with van der Waals surface area (Å²) in [5, 5.41) is 10.00. The number of hydrogen-bond donors (Lipinski definition) is 0. The van der Waals surface area contributed by atoms with E-state index in [0.29, 0.717) is 18.1 Å². The molecule has 1 spiro atoms. The Hall–Kier alpha value is -3.24. The number of likely N-dealkylation sites (N-methyl/N-ethyl adjacent to an activating group) is 1. The van der Waals surface area contributed by atoms with Gasteiger partial charge in [0.15, 0.2) is 5.82 Å². The van der Waals surface area contributed by atoms with E-state index in [1.807, 2.05) is 39.3 Å². The third-order valence-corrected chi connectivity index (χ3v) is 8.51. The van der Waals surface area contributed by atoms with Gasteiger partial charge in [0.25, 0.3) is 0 Å². The van der Waals surface area contributed by atoms with Crippen molar-refractivity contribution in [3.8, 4) is 5.69 Å². The molecule has 0 unspecified atom stereocenters. The number of amides is 1. The maximum absolute atomic E-state index is 13.2. The number of hydrogen-bond acceptors (Lipinski definition) is 8. The first-order valence-electron chi connectivity index (χ1n) is 12.8. The summed E-state index contributed by atoms with van der Waals surface area (Å²) < 4.78 is 2.18. The molecule has 3 aliphatic heterocycles. The average molecular weight is 520 g/mol. The van der Waals surface area contributed by atoms with Gasteiger partial charge in [0, 0.05) is 63.5 Å². The second kappa shape index (κ2) is 7.88. The van der Waals surface area contributed by atoms with Crippen molar-refractivity contribution in [1.29, 1.82) is 0 Å². The van der Waals surface area contributed by atoms with Crippen LogP contribution in [-0.4, -0.2) is 86.3 Å². The van der Waals surface area contributed by atoms with Crippen molar-refractivity contribution in [2.75, 3.05) is 50.1 Å². The van der Waals surface area contributed by atoms with E-state index >= 15 is 0 Å². The molecular weight excluding hydrogens is 490 g/mol. The molecule has 7 rings (SSSR count). The van der Waals surface area contributed by atoms with E-state index in [9.17, 15) is 4.79 Å². The topological polar surface area (TPSA) is 86.5 Å². The van der Waals surface area contributed by atoms with Crippen molar-refractivity contribution in [3.05, 3.63) is 52.7 Å². The molecule has 4 aliphatic rings. The van der Waals surface area contributed by atoms with Crippen LogP contribution in [0.15, 0.2) is 30.6 Å². The Morgan fingerprint density at radius 3 is 2.49 bits per heavy atom. The normalized spacial score (nSPS) is 21.0. The summed E-state index contributed by atoms with van der Waals surface area (Å²) in [5.74, 6) is 2.83. The molecule has 37 heavy (non-hydrogen) atoms. The summed E-state index contributed by atoms with van der Waals surface area (Å²) in [4.78, 5) is 30.7. The molecule has 3 aromatic rings. The zero-order chi connectivity index (χ0) is 25.5. The summed E-state index contributed by atoms with van der Waals surface area (Å²) in [6, 6.07) is 6.00. The second-order valence-corrected chi connectivity index (χ2v) is 11.8. The number of rotatable bonds is 4. The minimum Gasteiger partial charge on any atom is -0.354 e. The van der Waals surface area contributed by atoms with Gasteiger partial charge in [-0.15, -0.1) is 10.2 Å². The molecule has 0 radical (unpaired) electrons. The molecule has 2 saturated heterocycles. The summed E-state index contributed by atoms with van der Waals surface area (Å²) in [5.41, 5.74) is 2.84. The maximum atomic E-state index is 13.2. The van der Waals surface area contributed by atoms with E-state index in [-0.39, 0.29) is 11.3 Å². The summed E-state index contributed by atoms with van der Waals surface area (Å²) >= 11 is 6.44. The van der Waals surface area contributed by atoms with Gasteiger partial charge in [0.1, 0.15) is 11.4 Å². The smallest absolute Gasteiger partial charge is 0.242 e. The number of aromatic nitrogens is 5. The van der Waals surface area contributed by atoms with Crippen LogP contribution < -0.4 is 9.80 Å². The van der Waals surface area contributed by atoms with Gasteiger partial charge in [-0.05, 0) is 43.5 Å². The third-order valence-electron chi connectivity index (χ3n) is 8.28. The van der Waals surface area contributed by atoms with Crippen molar-refractivity contribution in [2.24, 2.45) is 5.41 Å². The first-order valence-corrected chi connectivity index (χ1v) is 13.1. The first kappa shape index (κ1) is 22.9. The van der Waals surface area contributed by atoms with Crippen LogP contribution in [0.25, 0.3) is 5.69 Å². The monoisotopic (exact) mass is 519 g/mol. The van der Waals surface area contributed by atoms with Crippen LogP contribution in [0.4, 0.5) is 11.8 Å². The largest absolute Gasteiger partial charge is 0.354 e. The van der Waals surface area contributed by atoms with E-state index in [0.717, 1.165) is 73.6 Å². The SMILES string of the molecule is Cc1cncc(N2CC3(C2)CN(c2nnc4n2-c2ccc(Cl)cc2CN(C2(C(=O)N(C)C)CC2)C4)C3)n1. The highest BCUT2D eigenvalue weighted by atomic mass is 35.5. The van der Waals surface area contributed by atoms with Crippen molar-refractivity contribution in [2.45, 2.75) is 38.4 Å². The molecule has 10 nitrogen and oxygen atoms in total. The quantitative estimate of drug-likeness (QED) is 0.519. The molecular formula is C26H30ClN9O.